The molecule has 26 heavy (non-hydrogen) atoms. The average Bonchev–Trinajstić information content (AvgIpc) is 2.60. The molecule has 0 radical (unpaired) electrons. The third-order valence-electron chi connectivity index (χ3n) is 5.55. The van der Waals surface area contributed by atoms with Crippen molar-refractivity contribution in [3.05, 3.63) is 0 Å². The first-order chi connectivity index (χ1) is 12.6. The maximum Gasteiger partial charge on any atom is -0.0103 e. The first kappa shape index (κ1) is 26.6. The summed E-state index contributed by atoms with van der Waals surface area (Å²) in [5.41, 5.74) is 0. The fourth-order valence-corrected chi connectivity index (χ4v) is 6.48. The summed E-state index contributed by atoms with van der Waals surface area (Å²) in [5.74, 6) is 2.52. The second-order valence-corrected chi connectivity index (χ2v) is 13.9. The summed E-state index contributed by atoms with van der Waals surface area (Å²) in [6.45, 7) is 4.55. The van der Waals surface area contributed by atoms with Gasteiger partial charge in [-0.05, 0) is 30.6 Å². The number of halogens is 1. The van der Waals surface area contributed by atoms with Crippen LogP contribution >= 0.6 is 19.9 Å². The van der Waals surface area contributed by atoms with E-state index in [-0.39, 0.29) is 0 Å². The highest BCUT2D eigenvalue weighted by atomic mass is 35.7. The summed E-state index contributed by atoms with van der Waals surface area (Å²) in [5, 5.41) is 0. The minimum Gasteiger partial charge on any atom is -0.166 e. The maximum atomic E-state index is 6.60. The van der Waals surface area contributed by atoms with Crippen molar-refractivity contribution in [2.75, 3.05) is 17.8 Å². The molecule has 0 aliphatic carbocycles. The van der Waals surface area contributed by atoms with E-state index in [9.17, 15) is 0 Å². The average molecular weight is 407 g/mol. The topological polar surface area (TPSA) is 0 Å². The van der Waals surface area contributed by atoms with Crippen LogP contribution in [0.3, 0.4) is 0 Å². The highest BCUT2D eigenvalue weighted by Gasteiger charge is 2.12. The molecule has 0 fully saturated rings. The molecule has 2 heteroatoms. The molecule has 0 saturated carbocycles. The molecule has 0 spiro atoms. The summed E-state index contributed by atoms with van der Waals surface area (Å²) < 4.78 is 0. The Morgan fingerprint density at radius 2 is 0.731 bits per heavy atom. The van der Waals surface area contributed by atoms with Crippen LogP contribution < -0.4 is 0 Å². The van der Waals surface area contributed by atoms with Crippen molar-refractivity contribution in [1.82, 2.24) is 0 Å². The van der Waals surface area contributed by atoms with Gasteiger partial charge in [0.15, 0.2) is 0 Å². The zero-order chi connectivity index (χ0) is 19.3. The number of rotatable bonds is 21. The lowest BCUT2D eigenvalue weighted by atomic mass is 10.0. The van der Waals surface area contributed by atoms with Gasteiger partial charge in [-0.1, -0.05) is 134 Å². The van der Waals surface area contributed by atoms with E-state index in [1.54, 1.807) is 0 Å². The Balaban J connectivity index is 3.09. The second kappa shape index (κ2) is 20.4. The van der Waals surface area contributed by atoms with Gasteiger partial charge in [0.2, 0.25) is 0 Å². The minimum atomic E-state index is -0.781. The molecule has 1 unspecified atom stereocenters. The Morgan fingerprint density at radius 3 is 1.04 bits per heavy atom. The van der Waals surface area contributed by atoms with E-state index in [1.807, 2.05) is 0 Å². The summed E-state index contributed by atoms with van der Waals surface area (Å²) in [6.07, 6.45) is 29.6. The van der Waals surface area contributed by atoms with Crippen LogP contribution in [0.15, 0.2) is 0 Å². The van der Waals surface area contributed by atoms with E-state index < -0.39 is 9.24 Å². The minimum absolute atomic E-state index is 0.781. The number of hydrogen-bond acceptors (Lipinski definition) is 0. The lowest BCUT2D eigenvalue weighted by Crippen LogP contribution is -2.00. The van der Waals surface area contributed by atoms with Crippen LogP contribution in [0.5, 0.6) is 0 Å². The first-order valence-electron chi connectivity index (χ1n) is 12.1. The Morgan fingerprint density at radius 1 is 0.423 bits per heavy atom. The second-order valence-electron chi connectivity index (χ2n) is 8.57. The highest BCUT2D eigenvalue weighted by Crippen LogP contribution is 2.50. The van der Waals surface area contributed by atoms with E-state index >= 15 is 0 Å². The third kappa shape index (κ3) is 20.9. The SMILES string of the molecule is CCCCCCCCCCCCCCCCCCCCS(C)(Cl)CCC. The Labute approximate surface area is 173 Å². The van der Waals surface area contributed by atoms with Crippen molar-refractivity contribution in [1.29, 1.82) is 0 Å². The van der Waals surface area contributed by atoms with Gasteiger partial charge in [-0.3, -0.25) is 0 Å². The van der Waals surface area contributed by atoms with E-state index in [0.717, 1.165) is 0 Å². The van der Waals surface area contributed by atoms with Crippen LogP contribution in [0.2, 0.25) is 0 Å². The highest BCUT2D eigenvalue weighted by molar-refractivity contribution is 8.50. The molecule has 160 valence electrons. The van der Waals surface area contributed by atoms with Gasteiger partial charge in [0, 0.05) is 0 Å². The maximum absolute atomic E-state index is 6.60. The number of hydrogen-bond donors (Lipinski definition) is 0. The smallest absolute Gasteiger partial charge is 0.0103 e. The Hall–Kier alpha value is 0.640. The molecule has 0 bridgehead atoms. The summed E-state index contributed by atoms with van der Waals surface area (Å²) in [4.78, 5) is 0. The van der Waals surface area contributed by atoms with Gasteiger partial charge >= 0.3 is 0 Å². The molecule has 0 saturated heterocycles. The summed E-state index contributed by atoms with van der Waals surface area (Å²) in [6, 6.07) is 0. The van der Waals surface area contributed by atoms with Crippen molar-refractivity contribution in [3.8, 4) is 0 Å². The third-order valence-corrected chi connectivity index (χ3v) is 8.88. The molecule has 0 heterocycles. The molecule has 0 aromatic heterocycles. The zero-order valence-corrected chi connectivity index (χ0v) is 20.2. The Kier molecular flexibility index (Phi) is 20.9. The largest absolute Gasteiger partial charge is 0.166 e. The normalized spacial score (nSPS) is 15.1. The fraction of sp³-hybridized carbons (Fsp3) is 1.00. The van der Waals surface area contributed by atoms with E-state index in [0.29, 0.717) is 0 Å². The monoisotopic (exact) mass is 406 g/mol. The van der Waals surface area contributed by atoms with Crippen molar-refractivity contribution in [2.24, 2.45) is 0 Å². The van der Waals surface area contributed by atoms with Crippen LogP contribution in [0.1, 0.15) is 136 Å². The first-order valence-corrected chi connectivity index (χ1v) is 15.3. The van der Waals surface area contributed by atoms with E-state index in [2.05, 4.69) is 20.1 Å². The van der Waals surface area contributed by atoms with Crippen LogP contribution in [0.25, 0.3) is 0 Å². The molecule has 0 aliphatic heterocycles. The van der Waals surface area contributed by atoms with Crippen molar-refractivity contribution >= 4 is 19.9 Å². The van der Waals surface area contributed by atoms with Crippen molar-refractivity contribution in [3.63, 3.8) is 0 Å². The van der Waals surface area contributed by atoms with Gasteiger partial charge in [-0.2, -0.15) is 9.24 Å². The molecule has 0 amide bonds. The standard InChI is InChI=1S/C24H51ClS/c1-4-6-7-8-9-10-11-12-13-14-15-16-17-18-19-20-21-22-24-26(3,25)23-5-2/h4-24H2,1-3H3. The van der Waals surface area contributed by atoms with Gasteiger partial charge in [-0.25, -0.2) is 0 Å². The molecule has 1 atom stereocenters. The fourth-order valence-electron chi connectivity index (χ4n) is 3.83. The van der Waals surface area contributed by atoms with E-state index in [1.165, 1.54) is 134 Å². The molecule has 0 aromatic carbocycles. The molecule has 0 aliphatic rings. The van der Waals surface area contributed by atoms with Crippen LogP contribution in [-0.4, -0.2) is 17.8 Å². The zero-order valence-electron chi connectivity index (χ0n) is 18.6. The summed E-state index contributed by atoms with van der Waals surface area (Å²) >= 11 is 0. The molecule has 0 N–H and O–H groups in total. The van der Waals surface area contributed by atoms with Crippen LogP contribution in [-0.2, 0) is 0 Å². The van der Waals surface area contributed by atoms with Crippen LogP contribution in [0.4, 0.5) is 0 Å². The quantitative estimate of drug-likeness (QED) is 0.166. The lowest BCUT2D eigenvalue weighted by Gasteiger charge is -2.27. The van der Waals surface area contributed by atoms with Gasteiger partial charge < -0.3 is 0 Å². The molecular formula is C24H51ClS. The molecule has 0 rings (SSSR count). The van der Waals surface area contributed by atoms with Gasteiger partial charge in [0.25, 0.3) is 0 Å². The van der Waals surface area contributed by atoms with Gasteiger partial charge in [0.1, 0.15) is 0 Å². The van der Waals surface area contributed by atoms with Crippen LogP contribution in [0, 0.1) is 0 Å². The Bertz CT molecular complexity index is 265. The molecule has 0 nitrogen and oxygen atoms in total. The van der Waals surface area contributed by atoms with Gasteiger partial charge in [-0.15, -0.1) is 0 Å². The molecule has 0 aromatic rings. The van der Waals surface area contributed by atoms with Gasteiger partial charge in [0.05, 0.1) is 0 Å². The summed E-state index contributed by atoms with van der Waals surface area (Å²) in [7, 11) is 5.81. The number of unbranched alkanes of at least 4 members (excludes halogenated alkanes) is 17. The van der Waals surface area contributed by atoms with Crippen molar-refractivity contribution in [2.45, 2.75) is 136 Å². The lowest BCUT2D eigenvalue weighted by molar-refractivity contribution is 0.526. The van der Waals surface area contributed by atoms with E-state index in [4.69, 9.17) is 10.7 Å². The van der Waals surface area contributed by atoms with Crippen molar-refractivity contribution < 1.29 is 0 Å². The molecular weight excluding hydrogens is 356 g/mol. The predicted octanol–water partition coefficient (Wildman–Crippen LogP) is 10.0. The predicted molar refractivity (Wildman–Crippen MR) is 128 cm³/mol.